The zero-order chi connectivity index (χ0) is 16.2. The van der Waals surface area contributed by atoms with Crippen LogP contribution < -0.4 is 4.74 Å². The maximum absolute atomic E-state index is 10.1. The molecule has 3 rings (SSSR count). The Kier molecular flexibility index (Phi) is 4.29. The molecular formula is C20H19NO2. The molecule has 3 aromatic rings. The number of ether oxygens (including phenoxy) is 1. The highest BCUT2D eigenvalue weighted by Crippen LogP contribution is 2.30. The summed E-state index contributed by atoms with van der Waals surface area (Å²) in [6, 6.07) is 19.9. The van der Waals surface area contributed by atoms with Gasteiger partial charge in [-0.1, -0.05) is 48.5 Å². The second-order valence-corrected chi connectivity index (χ2v) is 5.42. The van der Waals surface area contributed by atoms with E-state index in [1.165, 1.54) is 23.4 Å². The van der Waals surface area contributed by atoms with Crippen LogP contribution in [0.4, 0.5) is 0 Å². The molecule has 0 aromatic heterocycles. The average Bonchev–Trinajstić information content (AvgIpc) is 2.60. The Morgan fingerprint density at radius 3 is 2.57 bits per heavy atom. The molecule has 0 aliphatic carbocycles. The van der Waals surface area contributed by atoms with Crippen LogP contribution in [0.1, 0.15) is 24.1 Å². The highest BCUT2D eigenvalue weighted by molar-refractivity contribution is 5.87. The van der Waals surface area contributed by atoms with Crippen LogP contribution in [-0.4, -0.2) is 18.4 Å². The first-order valence-electron chi connectivity index (χ1n) is 7.57. The van der Waals surface area contributed by atoms with Crippen molar-refractivity contribution in [2.75, 3.05) is 7.11 Å². The summed E-state index contributed by atoms with van der Waals surface area (Å²) in [5.41, 5.74) is 1.82. The van der Waals surface area contributed by atoms with Crippen LogP contribution in [0.5, 0.6) is 11.5 Å². The normalized spacial score (nSPS) is 12.6. The number of benzene rings is 3. The summed E-state index contributed by atoms with van der Waals surface area (Å²) in [7, 11) is 1.54. The number of phenols is 1. The summed E-state index contributed by atoms with van der Waals surface area (Å²) in [5, 5.41) is 12.5. The fraction of sp³-hybridized carbons (Fsp3) is 0.150. The van der Waals surface area contributed by atoms with Crippen LogP contribution in [0.2, 0.25) is 0 Å². The molecule has 0 aliphatic rings. The molecule has 0 heterocycles. The zero-order valence-electron chi connectivity index (χ0n) is 13.2. The lowest BCUT2D eigenvalue weighted by Crippen LogP contribution is -1.94. The van der Waals surface area contributed by atoms with E-state index in [4.69, 9.17) is 4.74 Å². The van der Waals surface area contributed by atoms with Gasteiger partial charge in [0.2, 0.25) is 0 Å². The predicted molar refractivity (Wildman–Crippen MR) is 94.6 cm³/mol. The van der Waals surface area contributed by atoms with E-state index < -0.39 is 0 Å². The van der Waals surface area contributed by atoms with Crippen LogP contribution >= 0.6 is 0 Å². The number of nitrogens with zero attached hydrogens (tertiary/aromatic N) is 1. The van der Waals surface area contributed by atoms with Crippen molar-refractivity contribution >= 4 is 17.0 Å². The first-order chi connectivity index (χ1) is 11.2. The quantitative estimate of drug-likeness (QED) is 0.708. The number of fused-ring (bicyclic) bond motifs is 1. The predicted octanol–water partition coefficient (Wildman–Crippen LogP) is 4.73. The molecule has 0 saturated carbocycles. The highest BCUT2D eigenvalue weighted by atomic mass is 16.5. The Morgan fingerprint density at radius 2 is 1.74 bits per heavy atom. The SMILES string of the molecule is COc1cccc(C=NC(C)c2cccc3ccccc23)c1O. The minimum Gasteiger partial charge on any atom is -0.504 e. The molecule has 0 aliphatic heterocycles. The van der Waals surface area contributed by atoms with E-state index in [-0.39, 0.29) is 11.8 Å². The molecule has 3 heteroatoms. The van der Waals surface area contributed by atoms with Crippen molar-refractivity contribution in [1.82, 2.24) is 0 Å². The second-order valence-electron chi connectivity index (χ2n) is 5.42. The van der Waals surface area contributed by atoms with Crippen LogP contribution in [0.25, 0.3) is 10.8 Å². The number of phenolic OH excluding ortho intramolecular Hbond substituents is 1. The number of aromatic hydroxyl groups is 1. The van der Waals surface area contributed by atoms with Gasteiger partial charge in [-0.25, -0.2) is 0 Å². The Labute approximate surface area is 135 Å². The highest BCUT2D eigenvalue weighted by Gasteiger charge is 2.09. The smallest absolute Gasteiger partial charge is 0.166 e. The van der Waals surface area contributed by atoms with E-state index in [1.54, 1.807) is 12.3 Å². The lowest BCUT2D eigenvalue weighted by Gasteiger charge is -2.11. The van der Waals surface area contributed by atoms with Gasteiger partial charge in [-0.05, 0) is 35.4 Å². The van der Waals surface area contributed by atoms with Crippen LogP contribution in [0.3, 0.4) is 0 Å². The molecular weight excluding hydrogens is 286 g/mol. The fourth-order valence-electron chi connectivity index (χ4n) is 2.70. The third-order valence-electron chi connectivity index (χ3n) is 3.96. The minimum absolute atomic E-state index is 0.00768. The maximum Gasteiger partial charge on any atom is 0.166 e. The summed E-state index contributed by atoms with van der Waals surface area (Å²) in [4.78, 5) is 4.61. The first-order valence-corrected chi connectivity index (χ1v) is 7.57. The molecule has 116 valence electrons. The molecule has 0 radical (unpaired) electrons. The average molecular weight is 305 g/mol. The number of para-hydroxylation sites is 1. The van der Waals surface area contributed by atoms with Crippen molar-refractivity contribution in [3.8, 4) is 11.5 Å². The van der Waals surface area contributed by atoms with Crippen molar-refractivity contribution in [3.63, 3.8) is 0 Å². The van der Waals surface area contributed by atoms with Gasteiger partial charge in [-0.15, -0.1) is 0 Å². The van der Waals surface area contributed by atoms with Gasteiger partial charge in [0.25, 0.3) is 0 Å². The van der Waals surface area contributed by atoms with Crippen molar-refractivity contribution < 1.29 is 9.84 Å². The number of rotatable bonds is 4. The van der Waals surface area contributed by atoms with E-state index in [9.17, 15) is 5.11 Å². The molecule has 1 atom stereocenters. The molecule has 0 spiro atoms. The lowest BCUT2D eigenvalue weighted by atomic mass is 10.00. The summed E-state index contributed by atoms with van der Waals surface area (Å²) >= 11 is 0. The summed E-state index contributed by atoms with van der Waals surface area (Å²) in [5.74, 6) is 0.565. The number of methoxy groups -OCH3 is 1. The maximum atomic E-state index is 10.1. The summed E-state index contributed by atoms with van der Waals surface area (Å²) in [6.07, 6.45) is 1.70. The van der Waals surface area contributed by atoms with Gasteiger partial charge in [0.1, 0.15) is 0 Å². The third kappa shape index (κ3) is 3.04. The molecule has 3 aromatic carbocycles. The molecule has 0 fully saturated rings. The van der Waals surface area contributed by atoms with Gasteiger partial charge in [0.15, 0.2) is 11.5 Å². The Bertz CT molecular complexity index is 850. The third-order valence-corrected chi connectivity index (χ3v) is 3.96. The van der Waals surface area contributed by atoms with E-state index in [1.807, 2.05) is 30.3 Å². The Balaban J connectivity index is 1.93. The van der Waals surface area contributed by atoms with Crippen molar-refractivity contribution in [1.29, 1.82) is 0 Å². The van der Waals surface area contributed by atoms with Crippen LogP contribution in [-0.2, 0) is 0 Å². The van der Waals surface area contributed by atoms with Gasteiger partial charge >= 0.3 is 0 Å². The fourth-order valence-corrected chi connectivity index (χ4v) is 2.70. The van der Waals surface area contributed by atoms with E-state index >= 15 is 0 Å². The molecule has 1 unspecified atom stereocenters. The number of hydrogen-bond donors (Lipinski definition) is 1. The van der Waals surface area contributed by atoms with Crippen LogP contribution in [0.15, 0.2) is 65.7 Å². The number of aliphatic imine (C=N–C) groups is 1. The topological polar surface area (TPSA) is 41.8 Å². The second kappa shape index (κ2) is 6.53. The molecule has 0 amide bonds. The van der Waals surface area contributed by atoms with Gasteiger partial charge in [-0.2, -0.15) is 0 Å². The van der Waals surface area contributed by atoms with Gasteiger partial charge in [-0.3, -0.25) is 4.99 Å². The van der Waals surface area contributed by atoms with Gasteiger partial charge < -0.3 is 9.84 Å². The first kappa shape index (κ1) is 15.1. The molecule has 0 bridgehead atoms. The monoisotopic (exact) mass is 305 g/mol. The summed E-state index contributed by atoms with van der Waals surface area (Å²) < 4.78 is 5.12. The molecule has 3 nitrogen and oxygen atoms in total. The standard InChI is InChI=1S/C20H19NO2/c1-14(17-11-5-8-15-7-3-4-10-18(15)17)21-13-16-9-6-12-19(23-2)20(16)22/h3-14,22H,1-2H3. The molecule has 1 N–H and O–H groups in total. The van der Waals surface area contributed by atoms with Gasteiger partial charge in [0, 0.05) is 11.8 Å². The van der Waals surface area contributed by atoms with E-state index in [2.05, 4.69) is 36.2 Å². The van der Waals surface area contributed by atoms with E-state index in [0.29, 0.717) is 11.3 Å². The number of hydrogen-bond acceptors (Lipinski definition) is 3. The molecule has 0 saturated heterocycles. The van der Waals surface area contributed by atoms with Crippen LogP contribution in [0, 0.1) is 0 Å². The zero-order valence-corrected chi connectivity index (χ0v) is 13.2. The van der Waals surface area contributed by atoms with E-state index in [0.717, 1.165) is 0 Å². The van der Waals surface area contributed by atoms with Crippen molar-refractivity contribution in [2.45, 2.75) is 13.0 Å². The van der Waals surface area contributed by atoms with Crippen molar-refractivity contribution in [2.24, 2.45) is 4.99 Å². The Morgan fingerprint density at radius 1 is 1.00 bits per heavy atom. The molecule has 23 heavy (non-hydrogen) atoms. The lowest BCUT2D eigenvalue weighted by molar-refractivity contribution is 0.373. The minimum atomic E-state index is -0.00768. The Hall–Kier alpha value is -2.81. The largest absolute Gasteiger partial charge is 0.504 e. The van der Waals surface area contributed by atoms with Crippen molar-refractivity contribution in [3.05, 3.63) is 71.8 Å². The summed E-state index contributed by atoms with van der Waals surface area (Å²) in [6.45, 7) is 2.05. The van der Waals surface area contributed by atoms with Gasteiger partial charge in [0.05, 0.1) is 13.2 Å².